The number of carbonyl (C=O) groups is 1. The molecule has 0 radical (unpaired) electrons. The molecule has 84 valence electrons. The van der Waals surface area contributed by atoms with Crippen LogP contribution in [0.4, 0.5) is 0 Å². The molecule has 1 fully saturated rings. The molecular formula is C12H15N3O. The van der Waals surface area contributed by atoms with Crippen molar-refractivity contribution < 1.29 is 4.79 Å². The number of amides is 1. The van der Waals surface area contributed by atoms with Crippen LogP contribution >= 0.6 is 0 Å². The summed E-state index contributed by atoms with van der Waals surface area (Å²) in [4.78, 5) is 21.5. The van der Waals surface area contributed by atoms with Crippen LogP contribution in [0.25, 0.3) is 0 Å². The number of nitrogens with zero attached hydrogens (tertiary/aromatic N) is 3. The predicted octanol–water partition coefficient (Wildman–Crippen LogP) is 1.05. The summed E-state index contributed by atoms with van der Waals surface area (Å²) < 4.78 is 0. The van der Waals surface area contributed by atoms with Crippen LogP contribution in [0.3, 0.4) is 0 Å². The standard InChI is InChI=1S/C12H15N3O/c1-2-10-7-12(16)15(8-10)6-4-11-3-5-13-9-14-11/h2-3,5,9-10H,1,4,6-8H2. The molecule has 0 aromatic carbocycles. The molecule has 0 spiro atoms. The average Bonchev–Trinajstić information content (AvgIpc) is 2.69. The molecule has 0 N–H and O–H groups in total. The lowest BCUT2D eigenvalue weighted by Crippen LogP contribution is -2.27. The van der Waals surface area contributed by atoms with Crippen molar-refractivity contribution in [2.75, 3.05) is 13.1 Å². The van der Waals surface area contributed by atoms with Crippen LogP contribution in [0.1, 0.15) is 12.1 Å². The highest BCUT2D eigenvalue weighted by Crippen LogP contribution is 2.18. The Hall–Kier alpha value is -1.71. The van der Waals surface area contributed by atoms with Gasteiger partial charge in [0.1, 0.15) is 6.33 Å². The van der Waals surface area contributed by atoms with E-state index in [4.69, 9.17) is 0 Å². The van der Waals surface area contributed by atoms with E-state index in [1.807, 2.05) is 17.0 Å². The van der Waals surface area contributed by atoms with E-state index in [2.05, 4.69) is 16.5 Å². The number of likely N-dealkylation sites (tertiary alicyclic amines) is 1. The third-order valence-electron chi connectivity index (χ3n) is 2.86. The van der Waals surface area contributed by atoms with E-state index in [1.165, 1.54) is 6.33 Å². The van der Waals surface area contributed by atoms with Crippen molar-refractivity contribution in [3.05, 3.63) is 36.9 Å². The van der Waals surface area contributed by atoms with Crippen molar-refractivity contribution in [2.24, 2.45) is 5.92 Å². The number of aromatic nitrogens is 2. The molecule has 1 unspecified atom stereocenters. The maximum atomic E-state index is 11.6. The fourth-order valence-electron chi connectivity index (χ4n) is 1.89. The first-order chi connectivity index (χ1) is 7.79. The molecule has 0 saturated carbocycles. The van der Waals surface area contributed by atoms with Gasteiger partial charge in [-0.1, -0.05) is 6.08 Å². The van der Waals surface area contributed by atoms with Crippen LogP contribution in [0.2, 0.25) is 0 Å². The number of carbonyl (C=O) groups excluding carboxylic acids is 1. The molecule has 2 rings (SSSR count). The summed E-state index contributed by atoms with van der Waals surface area (Å²) in [5.41, 5.74) is 0.977. The summed E-state index contributed by atoms with van der Waals surface area (Å²) in [6.07, 6.45) is 6.52. The van der Waals surface area contributed by atoms with Gasteiger partial charge in [0, 0.05) is 43.7 Å². The molecule has 1 amide bonds. The summed E-state index contributed by atoms with van der Waals surface area (Å²) >= 11 is 0. The Labute approximate surface area is 95.0 Å². The number of hydrogen-bond acceptors (Lipinski definition) is 3. The maximum absolute atomic E-state index is 11.6. The smallest absolute Gasteiger partial charge is 0.223 e. The van der Waals surface area contributed by atoms with Crippen molar-refractivity contribution in [3.63, 3.8) is 0 Å². The van der Waals surface area contributed by atoms with Crippen molar-refractivity contribution in [1.82, 2.24) is 14.9 Å². The lowest BCUT2D eigenvalue weighted by atomic mass is 10.1. The lowest BCUT2D eigenvalue weighted by molar-refractivity contribution is -0.127. The van der Waals surface area contributed by atoms with E-state index >= 15 is 0 Å². The third-order valence-corrected chi connectivity index (χ3v) is 2.86. The van der Waals surface area contributed by atoms with E-state index in [0.29, 0.717) is 12.3 Å². The van der Waals surface area contributed by atoms with E-state index < -0.39 is 0 Å². The van der Waals surface area contributed by atoms with Gasteiger partial charge in [0.25, 0.3) is 0 Å². The van der Waals surface area contributed by atoms with Gasteiger partial charge < -0.3 is 4.90 Å². The molecule has 1 aliphatic heterocycles. The van der Waals surface area contributed by atoms with E-state index in [-0.39, 0.29) is 5.91 Å². The molecular weight excluding hydrogens is 202 g/mol. The molecule has 1 aromatic rings. The summed E-state index contributed by atoms with van der Waals surface area (Å²) in [7, 11) is 0. The van der Waals surface area contributed by atoms with Gasteiger partial charge in [0.05, 0.1) is 0 Å². The first kappa shape index (κ1) is 10.8. The summed E-state index contributed by atoms with van der Waals surface area (Å²) in [6.45, 7) is 5.27. The van der Waals surface area contributed by atoms with Crippen LogP contribution < -0.4 is 0 Å². The van der Waals surface area contributed by atoms with Crippen molar-refractivity contribution in [1.29, 1.82) is 0 Å². The third kappa shape index (κ3) is 2.45. The zero-order valence-electron chi connectivity index (χ0n) is 9.17. The molecule has 16 heavy (non-hydrogen) atoms. The minimum Gasteiger partial charge on any atom is -0.342 e. The zero-order chi connectivity index (χ0) is 11.4. The maximum Gasteiger partial charge on any atom is 0.223 e. The van der Waals surface area contributed by atoms with Crippen molar-refractivity contribution in [3.8, 4) is 0 Å². The Morgan fingerprint density at radius 2 is 2.50 bits per heavy atom. The molecule has 0 aliphatic carbocycles. The molecule has 4 heteroatoms. The Kier molecular flexibility index (Phi) is 3.29. The van der Waals surface area contributed by atoms with E-state index in [9.17, 15) is 4.79 Å². The normalized spacial score (nSPS) is 20.1. The Balaban J connectivity index is 1.87. The van der Waals surface area contributed by atoms with E-state index in [1.54, 1.807) is 6.20 Å². The number of rotatable bonds is 4. The average molecular weight is 217 g/mol. The van der Waals surface area contributed by atoms with Crippen molar-refractivity contribution in [2.45, 2.75) is 12.8 Å². The molecule has 1 saturated heterocycles. The largest absolute Gasteiger partial charge is 0.342 e. The fourth-order valence-corrected chi connectivity index (χ4v) is 1.89. The van der Waals surface area contributed by atoms with Gasteiger partial charge in [-0.25, -0.2) is 9.97 Å². The Morgan fingerprint density at radius 3 is 3.12 bits per heavy atom. The van der Waals surface area contributed by atoms with Crippen LogP contribution in [0.15, 0.2) is 31.2 Å². The highest BCUT2D eigenvalue weighted by Gasteiger charge is 2.26. The summed E-state index contributed by atoms with van der Waals surface area (Å²) in [5, 5.41) is 0. The van der Waals surface area contributed by atoms with Gasteiger partial charge in [-0.3, -0.25) is 4.79 Å². The monoisotopic (exact) mass is 217 g/mol. The second-order valence-corrected chi connectivity index (χ2v) is 3.99. The predicted molar refractivity (Wildman–Crippen MR) is 60.6 cm³/mol. The molecule has 0 bridgehead atoms. The Bertz CT molecular complexity index is 377. The van der Waals surface area contributed by atoms with Gasteiger partial charge in [-0.05, 0) is 6.07 Å². The van der Waals surface area contributed by atoms with Gasteiger partial charge in [0.2, 0.25) is 5.91 Å². The SMILES string of the molecule is C=CC1CC(=O)N(CCc2ccncn2)C1. The quantitative estimate of drug-likeness (QED) is 0.708. The van der Waals surface area contributed by atoms with Crippen molar-refractivity contribution >= 4 is 5.91 Å². The van der Waals surface area contributed by atoms with Crippen LogP contribution in [-0.2, 0) is 11.2 Å². The first-order valence-electron chi connectivity index (χ1n) is 5.45. The molecule has 4 nitrogen and oxygen atoms in total. The van der Waals surface area contributed by atoms with Gasteiger partial charge in [-0.2, -0.15) is 0 Å². The molecule has 1 aliphatic rings. The van der Waals surface area contributed by atoms with Gasteiger partial charge >= 0.3 is 0 Å². The first-order valence-corrected chi connectivity index (χ1v) is 5.45. The topological polar surface area (TPSA) is 46.1 Å². The van der Waals surface area contributed by atoms with Crippen LogP contribution in [0.5, 0.6) is 0 Å². The minimum atomic E-state index is 0.221. The lowest BCUT2D eigenvalue weighted by Gasteiger charge is -2.15. The van der Waals surface area contributed by atoms with Gasteiger partial charge in [0.15, 0.2) is 0 Å². The summed E-state index contributed by atoms with van der Waals surface area (Å²) in [6, 6.07) is 1.88. The highest BCUT2D eigenvalue weighted by molar-refractivity contribution is 5.78. The fraction of sp³-hybridized carbons (Fsp3) is 0.417. The highest BCUT2D eigenvalue weighted by atomic mass is 16.2. The van der Waals surface area contributed by atoms with Crippen LogP contribution in [0, 0.1) is 5.92 Å². The minimum absolute atomic E-state index is 0.221. The zero-order valence-corrected chi connectivity index (χ0v) is 9.17. The van der Waals surface area contributed by atoms with Crippen LogP contribution in [-0.4, -0.2) is 33.9 Å². The molecule has 2 heterocycles. The van der Waals surface area contributed by atoms with Gasteiger partial charge in [-0.15, -0.1) is 6.58 Å². The second-order valence-electron chi connectivity index (χ2n) is 3.99. The number of hydrogen-bond donors (Lipinski definition) is 0. The van der Waals surface area contributed by atoms with E-state index in [0.717, 1.165) is 25.2 Å². The molecule has 1 aromatic heterocycles. The Morgan fingerprint density at radius 1 is 1.62 bits per heavy atom. The second kappa shape index (κ2) is 4.88. The summed E-state index contributed by atoms with van der Waals surface area (Å²) in [5.74, 6) is 0.539. The molecule has 1 atom stereocenters.